The van der Waals surface area contributed by atoms with E-state index >= 15 is 0 Å². The van der Waals surface area contributed by atoms with Crippen LogP contribution < -0.4 is 10.5 Å². The van der Waals surface area contributed by atoms with Crippen LogP contribution in [0.4, 0.5) is 10.1 Å². The minimum atomic E-state index is -0.402. The first-order valence-electron chi connectivity index (χ1n) is 6.87. The highest BCUT2D eigenvalue weighted by molar-refractivity contribution is 5.41. The van der Waals surface area contributed by atoms with Gasteiger partial charge in [0.15, 0.2) is 0 Å². The highest BCUT2D eigenvalue weighted by Crippen LogP contribution is 2.29. The fourth-order valence-electron chi connectivity index (χ4n) is 2.06. The van der Waals surface area contributed by atoms with Crippen molar-refractivity contribution in [3.8, 4) is 5.75 Å². The molecule has 2 nitrogen and oxygen atoms in total. The number of para-hydroxylation sites is 1. The number of anilines is 1. The summed E-state index contributed by atoms with van der Waals surface area (Å²) in [6.07, 6.45) is 1.05. The maximum Gasteiger partial charge on any atom is 0.146 e. The molecule has 0 radical (unpaired) electrons. The maximum absolute atomic E-state index is 13.4. The van der Waals surface area contributed by atoms with Crippen molar-refractivity contribution in [1.82, 2.24) is 0 Å². The molecule has 0 bridgehead atoms. The molecule has 0 saturated carbocycles. The van der Waals surface area contributed by atoms with Gasteiger partial charge in [-0.2, -0.15) is 0 Å². The Morgan fingerprint density at radius 1 is 1.20 bits per heavy atom. The second-order valence-electron chi connectivity index (χ2n) is 4.99. The molecule has 0 fully saturated rings. The fourth-order valence-corrected chi connectivity index (χ4v) is 2.06. The van der Waals surface area contributed by atoms with E-state index in [1.807, 2.05) is 18.2 Å². The Bertz CT molecular complexity index is 583. The first kappa shape index (κ1) is 14.4. The zero-order chi connectivity index (χ0) is 14.5. The highest BCUT2D eigenvalue weighted by atomic mass is 19.1. The zero-order valence-electron chi connectivity index (χ0n) is 11.9. The highest BCUT2D eigenvalue weighted by Gasteiger charge is 2.09. The van der Waals surface area contributed by atoms with Crippen molar-refractivity contribution in [3.05, 3.63) is 59.4 Å². The van der Waals surface area contributed by atoms with Gasteiger partial charge in [-0.25, -0.2) is 4.39 Å². The van der Waals surface area contributed by atoms with E-state index in [1.54, 1.807) is 12.1 Å². The van der Waals surface area contributed by atoms with Gasteiger partial charge in [-0.1, -0.05) is 38.1 Å². The van der Waals surface area contributed by atoms with E-state index < -0.39 is 5.82 Å². The number of hydrogen-bond acceptors (Lipinski definition) is 2. The molecular formula is C17H20FNO. The van der Waals surface area contributed by atoms with Crippen molar-refractivity contribution in [1.29, 1.82) is 0 Å². The topological polar surface area (TPSA) is 35.2 Å². The Morgan fingerprint density at radius 3 is 2.65 bits per heavy atom. The molecule has 3 heteroatoms. The zero-order valence-corrected chi connectivity index (χ0v) is 11.9. The van der Waals surface area contributed by atoms with Crippen LogP contribution in [0.15, 0.2) is 42.5 Å². The van der Waals surface area contributed by atoms with Crippen molar-refractivity contribution >= 4 is 5.69 Å². The molecule has 20 heavy (non-hydrogen) atoms. The molecule has 0 aliphatic carbocycles. The summed E-state index contributed by atoms with van der Waals surface area (Å²) >= 11 is 0. The number of nitrogen functional groups attached to an aromatic ring is 1. The number of ether oxygens (including phenoxy) is 1. The second kappa shape index (κ2) is 6.42. The fraction of sp³-hybridized carbons (Fsp3) is 0.294. The summed E-state index contributed by atoms with van der Waals surface area (Å²) in [5, 5.41) is 0. The molecule has 1 atom stereocenters. The summed E-state index contributed by atoms with van der Waals surface area (Å²) in [6.45, 7) is 4.66. The Kier molecular flexibility index (Phi) is 4.61. The molecule has 1 unspecified atom stereocenters. The number of nitrogens with two attached hydrogens (primary N) is 1. The smallest absolute Gasteiger partial charge is 0.146 e. The van der Waals surface area contributed by atoms with Crippen molar-refractivity contribution in [3.63, 3.8) is 0 Å². The molecule has 0 spiro atoms. The lowest BCUT2D eigenvalue weighted by molar-refractivity contribution is 0.300. The monoisotopic (exact) mass is 273 g/mol. The van der Waals surface area contributed by atoms with Crippen molar-refractivity contribution < 1.29 is 9.13 Å². The van der Waals surface area contributed by atoms with E-state index in [2.05, 4.69) is 19.9 Å². The second-order valence-corrected chi connectivity index (χ2v) is 4.99. The molecule has 2 aromatic carbocycles. The van der Waals surface area contributed by atoms with E-state index in [0.29, 0.717) is 12.5 Å². The van der Waals surface area contributed by atoms with Crippen LogP contribution in [0, 0.1) is 5.82 Å². The van der Waals surface area contributed by atoms with E-state index in [4.69, 9.17) is 10.5 Å². The van der Waals surface area contributed by atoms with E-state index in [-0.39, 0.29) is 5.69 Å². The minimum absolute atomic E-state index is 0.161. The van der Waals surface area contributed by atoms with Gasteiger partial charge in [0.25, 0.3) is 0 Å². The molecule has 106 valence electrons. The number of halogens is 1. The Hall–Kier alpha value is -2.03. The summed E-state index contributed by atoms with van der Waals surface area (Å²) in [6, 6.07) is 12.8. The lowest BCUT2D eigenvalue weighted by Crippen LogP contribution is -2.02. The minimum Gasteiger partial charge on any atom is -0.489 e. The largest absolute Gasteiger partial charge is 0.489 e. The Balaban J connectivity index is 2.12. The van der Waals surface area contributed by atoms with Gasteiger partial charge in [0.2, 0.25) is 0 Å². The van der Waals surface area contributed by atoms with Crippen LogP contribution in [-0.4, -0.2) is 0 Å². The number of benzene rings is 2. The van der Waals surface area contributed by atoms with Crippen LogP contribution in [0.2, 0.25) is 0 Å². The van der Waals surface area contributed by atoms with Gasteiger partial charge in [-0.3, -0.25) is 0 Å². The lowest BCUT2D eigenvalue weighted by atomic mass is 9.98. The third-order valence-corrected chi connectivity index (χ3v) is 3.52. The first-order chi connectivity index (χ1) is 9.61. The third-order valence-electron chi connectivity index (χ3n) is 3.52. The lowest BCUT2D eigenvalue weighted by Gasteiger charge is -2.15. The average Bonchev–Trinajstić information content (AvgIpc) is 2.48. The van der Waals surface area contributed by atoms with Crippen LogP contribution in [-0.2, 0) is 6.61 Å². The molecule has 0 aromatic heterocycles. The van der Waals surface area contributed by atoms with Gasteiger partial charge in [0.1, 0.15) is 18.2 Å². The average molecular weight is 273 g/mol. The molecule has 2 aromatic rings. The summed E-state index contributed by atoms with van der Waals surface area (Å²) in [4.78, 5) is 0. The van der Waals surface area contributed by atoms with Crippen LogP contribution in [0.5, 0.6) is 5.75 Å². The molecular weight excluding hydrogens is 253 g/mol. The van der Waals surface area contributed by atoms with Crippen LogP contribution in [0.3, 0.4) is 0 Å². The van der Waals surface area contributed by atoms with Crippen LogP contribution >= 0.6 is 0 Å². The predicted molar refractivity (Wildman–Crippen MR) is 80.3 cm³/mol. The maximum atomic E-state index is 13.4. The summed E-state index contributed by atoms with van der Waals surface area (Å²) in [5.41, 5.74) is 7.58. The van der Waals surface area contributed by atoms with Crippen molar-refractivity contribution in [2.45, 2.75) is 32.8 Å². The summed E-state index contributed by atoms with van der Waals surface area (Å²) in [5.74, 6) is 0.898. The van der Waals surface area contributed by atoms with Crippen molar-refractivity contribution in [2.24, 2.45) is 0 Å². The van der Waals surface area contributed by atoms with Gasteiger partial charge in [0.05, 0.1) is 5.69 Å². The Labute approximate surface area is 119 Å². The molecule has 0 aliphatic rings. The van der Waals surface area contributed by atoms with Gasteiger partial charge >= 0.3 is 0 Å². The molecule has 0 aliphatic heterocycles. The van der Waals surface area contributed by atoms with Crippen LogP contribution in [0.25, 0.3) is 0 Å². The van der Waals surface area contributed by atoms with Gasteiger partial charge < -0.3 is 10.5 Å². The van der Waals surface area contributed by atoms with Gasteiger partial charge in [-0.05, 0) is 41.7 Å². The molecule has 0 saturated heterocycles. The standard InChI is InChI=1S/C17H20FNO/c1-3-12(2)14-6-4-5-7-17(14)20-11-13-8-9-16(19)15(18)10-13/h4-10,12H,3,11,19H2,1-2H3. The number of hydrogen-bond donors (Lipinski definition) is 1. The number of rotatable bonds is 5. The van der Waals surface area contributed by atoms with E-state index in [0.717, 1.165) is 17.7 Å². The third kappa shape index (κ3) is 3.29. The summed E-state index contributed by atoms with van der Waals surface area (Å²) < 4.78 is 19.2. The first-order valence-corrected chi connectivity index (χ1v) is 6.87. The van der Waals surface area contributed by atoms with E-state index in [9.17, 15) is 4.39 Å². The molecule has 2 rings (SSSR count). The van der Waals surface area contributed by atoms with E-state index in [1.165, 1.54) is 11.6 Å². The predicted octanol–water partition coefficient (Wildman–Crippen LogP) is 4.50. The van der Waals surface area contributed by atoms with Gasteiger partial charge in [-0.15, -0.1) is 0 Å². The Morgan fingerprint density at radius 2 is 1.95 bits per heavy atom. The normalized spacial score (nSPS) is 12.2. The molecule has 2 N–H and O–H groups in total. The molecule has 0 heterocycles. The van der Waals surface area contributed by atoms with Crippen molar-refractivity contribution in [2.75, 3.05) is 5.73 Å². The van der Waals surface area contributed by atoms with Gasteiger partial charge in [0, 0.05) is 0 Å². The quantitative estimate of drug-likeness (QED) is 0.814. The SMILES string of the molecule is CCC(C)c1ccccc1OCc1ccc(N)c(F)c1. The molecule has 0 amide bonds. The summed E-state index contributed by atoms with van der Waals surface area (Å²) in [7, 11) is 0. The van der Waals surface area contributed by atoms with Crippen LogP contribution in [0.1, 0.15) is 37.3 Å².